The number of amides is 1. The van der Waals surface area contributed by atoms with E-state index in [4.69, 9.17) is 0 Å². The second kappa shape index (κ2) is 5.71. The summed E-state index contributed by atoms with van der Waals surface area (Å²) in [4.78, 5) is 16.8. The predicted molar refractivity (Wildman–Crippen MR) is 85.6 cm³/mol. The number of hydrogen-bond acceptors (Lipinski definition) is 5. The Morgan fingerprint density at radius 1 is 1.50 bits per heavy atom. The first-order chi connectivity index (χ1) is 9.67. The zero-order chi connectivity index (χ0) is 14.1. The summed E-state index contributed by atoms with van der Waals surface area (Å²) in [6.07, 6.45) is 2.02. The lowest BCUT2D eigenvalue weighted by Gasteiger charge is -2.14. The molecule has 106 valence electrons. The average Bonchev–Trinajstić information content (AvgIpc) is 3.03. The van der Waals surface area contributed by atoms with E-state index in [9.17, 15) is 4.79 Å². The molecule has 1 aromatic heterocycles. The second-order valence-electron chi connectivity index (χ2n) is 5.10. The van der Waals surface area contributed by atoms with Crippen LogP contribution in [0.4, 0.5) is 5.69 Å². The van der Waals surface area contributed by atoms with Crippen LogP contribution in [0.1, 0.15) is 6.92 Å². The fraction of sp³-hybridized carbons (Fsp3) is 0.429. The van der Waals surface area contributed by atoms with Crippen molar-refractivity contribution >= 4 is 44.9 Å². The topological polar surface area (TPSA) is 54.0 Å². The maximum Gasteiger partial charge on any atom is 0.229 e. The van der Waals surface area contributed by atoms with Gasteiger partial charge in [-0.1, -0.05) is 18.7 Å². The molecule has 1 fully saturated rings. The van der Waals surface area contributed by atoms with Gasteiger partial charge in [0.15, 0.2) is 4.34 Å². The van der Waals surface area contributed by atoms with Gasteiger partial charge in [-0.25, -0.2) is 4.98 Å². The maximum absolute atomic E-state index is 12.3. The highest BCUT2D eigenvalue weighted by Gasteiger charge is 2.29. The summed E-state index contributed by atoms with van der Waals surface area (Å²) in [7, 11) is 0. The first-order valence-corrected chi connectivity index (χ1v) is 8.67. The standard InChI is InChI=1S/C14H17N3OS2/c1-8-6-15-7-10(8)13(18)16-9-3-4-11-12(5-9)20-14(17-11)19-2/h3-5,8,10,15H,6-7H2,1-2H3,(H,16,18)/t8-,10-/m1/s1. The molecule has 1 aromatic carbocycles. The van der Waals surface area contributed by atoms with E-state index in [1.54, 1.807) is 23.1 Å². The number of carbonyl (C=O) groups excluding carboxylic acids is 1. The molecule has 0 saturated carbocycles. The van der Waals surface area contributed by atoms with Crippen LogP contribution in [0.15, 0.2) is 22.5 Å². The quantitative estimate of drug-likeness (QED) is 0.856. The predicted octanol–water partition coefficient (Wildman–Crippen LogP) is 2.81. The fourth-order valence-corrected chi connectivity index (χ4v) is 3.99. The Morgan fingerprint density at radius 2 is 2.35 bits per heavy atom. The minimum Gasteiger partial charge on any atom is -0.326 e. The van der Waals surface area contributed by atoms with E-state index in [0.717, 1.165) is 33.3 Å². The molecule has 0 bridgehead atoms. The largest absolute Gasteiger partial charge is 0.326 e. The van der Waals surface area contributed by atoms with Gasteiger partial charge >= 0.3 is 0 Å². The zero-order valence-electron chi connectivity index (χ0n) is 11.5. The molecule has 3 rings (SSSR count). The summed E-state index contributed by atoms with van der Waals surface area (Å²) in [5.41, 5.74) is 1.85. The molecule has 2 atom stereocenters. The van der Waals surface area contributed by atoms with Gasteiger partial charge in [-0.2, -0.15) is 0 Å². The summed E-state index contributed by atoms with van der Waals surface area (Å²) < 4.78 is 2.17. The van der Waals surface area contributed by atoms with Crippen molar-refractivity contribution in [3.8, 4) is 0 Å². The highest BCUT2D eigenvalue weighted by molar-refractivity contribution is 8.00. The Kier molecular flexibility index (Phi) is 3.96. The summed E-state index contributed by atoms with van der Waals surface area (Å²) in [6.45, 7) is 3.80. The molecule has 0 radical (unpaired) electrons. The molecule has 2 N–H and O–H groups in total. The number of rotatable bonds is 3. The Hall–Kier alpha value is -1.11. The van der Waals surface area contributed by atoms with Crippen LogP contribution in [-0.2, 0) is 4.79 Å². The minimum atomic E-state index is 0.0638. The molecule has 1 amide bonds. The van der Waals surface area contributed by atoms with Gasteiger partial charge in [-0.3, -0.25) is 4.79 Å². The van der Waals surface area contributed by atoms with Crippen LogP contribution in [-0.4, -0.2) is 30.2 Å². The third-order valence-corrected chi connectivity index (χ3v) is 5.67. The smallest absolute Gasteiger partial charge is 0.229 e. The van der Waals surface area contributed by atoms with Crippen molar-refractivity contribution in [1.82, 2.24) is 10.3 Å². The van der Waals surface area contributed by atoms with Gasteiger partial charge in [0, 0.05) is 12.2 Å². The number of nitrogens with zero attached hydrogens (tertiary/aromatic N) is 1. The molecule has 0 spiro atoms. The molecule has 4 nitrogen and oxygen atoms in total. The molecule has 0 unspecified atom stereocenters. The molecule has 2 heterocycles. The van der Waals surface area contributed by atoms with E-state index in [2.05, 4.69) is 22.5 Å². The van der Waals surface area contributed by atoms with Gasteiger partial charge in [0.1, 0.15) is 0 Å². The van der Waals surface area contributed by atoms with Crippen LogP contribution in [0.25, 0.3) is 10.2 Å². The van der Waals surface area contributed by atoms with Crippen LogP contribution in [0.2, 0.25) is 0 Å². The third-order valence-electron chi connectivity index (χ3n) is 3.67. The number of carbonyl (C=O) groups is 1. The van der Waals surface area contributed by atoms with Crippen molar-refractivity contribution in [1.29, 1.82) is 0 Å². The highest BCUT2D eigenvalue weighted by atomic mass is 32.2. The molecular weight excluding hydrogens is 290 g/mol. The number of thiazole rings is 1. The first kappa shape index (κ1) is 13.9. The second-order valence-corrected chi connectivity index (χ2v) is 7.18. The third kappa shape index (κ3) is 2.68. The molecule has 6 heteroatoms. The Morgan fingerprint density at radius 3 is 3.05 bits per heavy atom. The van der Waals surface area contributed by atoms with Crippen LogP contribution < -0.4 is 10.6 Å². The number of thioether (sulfide) groups is 1. The summed E-state index contributed by atoms with van der Waals surface area (Å²) in [6, 6.07) is 5.91. The highest BCUT2D eigenvalue weighted by Crippen LogP contribution is 2.30. The van der Waals surface area contributed by atoms with Crippen molar-refractivity contribution < 1.29 is 4.79 Å². The molecule has 0 aliphatic carbocycles. The van der Waals surface area contributed by atoms with Gasteiger partial charge in [0.25, 0.3) is 0 Å². The summed E-state index contributed by atoms with van der Waals surface area (Å²) in [5.74, 6) is 0.565. The average molecular weight is 307 g/mol. The van der Waals surface area contributed by atoms with Crippen molar-refractivity contribution in [3.05, 3.63) is 18.2 Å². The summed E-state index contributed by atoms with van der Waals surface area (Å²) in [5, 5.41) is 6.28. The van der Waals surface area contributed by atoms with E-state index in [0.29, 0.717) is 5.92 Å². The van der Waals surface area contributed by atoms with Crippen LogP contribution in [0.5, 0.6) is 0 Å². The number of hydrogen-bond donors (Lipinski definition) is 2. The Labute approximate surface area is 126 Å². The van der Waals surface area contributed by atoms with E-state index >= 15 is 0 Å². The summed E-state index contributed by atoms with van der Waals surface area (Å²) >= 11 is 3.31. The number of nitrogens with one attached hydrogen (secondary N) is 2. The molecule has 1 aliphatic rings. The monoisotopic (exact) mass is 307 g/mol. The number of aromatic nitrogens is 1. The lowest BCUT2D eigenvalue weighted by molar-refractivity contribution is -0.120. The Balaban J connectivity index is 1.78. The molecule has 1 saturated heterocycles. The van der Waals surface area contributed by atoms with Crippen molar-refractivity contribution in [2.24, 2.45) is 11.8 Å². The number of fused-ring (bicyclic) bond motifs is 1. The lowest BCUT2D eigenvalue weighted by atomic mass is 9.97. The van der Waals surface area contributed by atoms with E-state index in [1.807, 2.05) is 24.5 Å². The van der Waals surface area contributed by atoms with Gasteiger partial charge in [0.2, 0.25) is 5.91 Å². The number of benzene rings is 1. The molecule has 2 aromatic rings. The van der Waals surface area contributed by atoms with Gasteiger partial charge in [0.05, 0.1) is 16.1 Å². The Bertz CT molecular complexity index is 640. The van der Waals surface area contributed by atoms with Gasteiger partial charge in [-0.05, 0) is 36.9 Å². The SMILES string of the molecule is CSc1nc2ccc(NC(=O)[C@@H]3CNC[C@H]3C)cc2s1. The van der Waals surface area contributed by atoms with Gasteiger partial charge < -0.3 is 10.6 Å². The molecule has 1 aliphatic heterocycles. The fourth-order valence-electron chi connectivity index (χ4n) is 2.46. The minimum absolute atomic E-state index is 0.0638. The van der Waals surface area contributed by atoms with Crippen LogP contribution in [0.3, 0.4) is 0 Å². The molecular formula is C14H17N3OS2. The van der Waals surface area contributed by atoms with E-state index in [1.165, 1.54) is 0 Å². The van der Waals surface area contributed by atoms with Crippen molar-refractivity contribution in [3.63, 3.8) is 0 Å². The lowest BCUT2D eigenvalue weighted by Crippen LogP contribution is -2.27. The van der Waals surface area contributed by atoms with Crippen molar-refractivity contribution in [2.45, 2.75) is 11.3 Å². The van der Waals surface area contributed by atoms with E-state index < -0.39 is 0 Å². The van der Waals surface area contributed by atoms with Crippen molar-refractivity contribution in [2.75, 3.05) is 24.7 Å². The first-order valence-electron chi connectivity index (χ1n) is 6.63. The van der Waals surface area contributed by atoms with Crippen LogP contribution in [0, 0.1) is 11.8 Å². The van der Waals surface area contributed by atoms with Crippen LogP contribution >= 0.6 is 23.1 Å². The maximum atomic E-state index is 12.3. The molecule has 20 heavy (non-hydrogen) atoms. The van der Waals surface area contributed by atoms with Gasteiger partial charge in [-0.15, -0.1) is 11.3 Å². The number of anilines is 1. The van der Waals surface area contributed by atoms with E-state index in [-0.39, 0.29) is 11.8 Å². The zero-order valence-corrected chi connectivity index (χ0v) is 13.1. The normalized spacial score (nSPS) is 22.3.